The zero-order chi connectivity index (χ0) is 9.07. The molecule has 0 aliphatic rings. The van der Waals surface area contributed by atoms with Gasteiger partial charge in [-0.2, -0.15) is 0 Å². The molecule has 0 bridgehead atoms. The summed E-state index contributed by atoms with van der Waals surface area (Å²) in [6.45, 7) is 7.00. The Kier molecular flexibility index (Phi) is 3.43. The average molecular weight is 156 g/mol. The predicted octanol–water partition coefficient (Wildman–Crippen LogP) is 1.97. The van der Waals surface area contributed by atoms with E-state index in [-0.39, 0.29) is 17.0 Å². The van der Waals surface area contributed by atoms with Gasteiger partial charge in [0.25, 0.3) is 0 Å². The largest absolute Gasteiger partial charge is 0.300 e. The van der Waals surface area contributed by atoms with Gasteiger partial charge in [-0.25, -0.2) is 0 Å². The summed E-state index contributed by atoms with van der Waals surface area (Å²) in [4.78, 5) is 21.5. The van der Waals surface area contributed by atoms with Crippen LogP contribution in [-0.2, 0) is 9.59 Å². The van der Waals surface area contributed by atoms with Crippen molar-refractivity contribution < 1.29 is 9.59 Å². The van der Waals surface area contributed by atoms with Crippen molar-refractivity contribution >= 4 is 11.6 Å². The van der Waals surface area contributed by atoms with Crippen molar-refractivity contribution in [3.05, 3.63) is 0 Å². The zero-order valence-electron chi connectivity index (χ0n) is 7.73. The summed E-state index contributed by atoms with van der Waals surface area (Å²) in [5.41, 5.74) is -0.155. The molecule has 64 valence electrons. The van der Waals surface area contributed by atoms with Gasteiger partial charge >= 0.3 is 0 Å². The molecule has 2 heteroatoms. The molecular weight excluding hydrogens is 140 g/mol. The van der Waals surface area contributed by atoms with E-state index < -0.39 is 0 Å². The fraction of sp³-hybridized carbons (Fsp3) is 0.778. The summed E-state index contributed by atoms with van der Waals surface area (Å²) in [6.07, 6.45) is 0.985. The molecule has 0 spiro atoms. The standard InChI is InChI=1S/C9H16O2/c1-7(10)5-9(3,4)6-8(2)11/h5-6H2,1-4H3. The molecule has 0 fully saturated rings. The van der Waals surface area contributed by atoms with Crippen LogP contribution < -0.4 is 0 Å². The van der Waals surface area contributed by atoms with E-state index in [0.717, 1.165) is 0 Å². The lowest BCUT2D eigenvalue weighted by molar-refractivity contribution is -0.121. The molecule has 0 N–H and O–H groups in total. The molecule has 0 aliphatic heterocycles. The summed E-state index contributed by atoms with van der Waals surface area (Å²) in [6, 6.07) is 0. The van der Waals surface area contributed by atoms with Crippen LogP contribution in [0.15, 0.2) is 0 Å². The van der Waals surface area contributed by atoms with Crippen LogP contribution >= 0.6 is 0 Å². The maximum Gasteiger partial charge on any atom is 0.130 e. The van der Waals surface area contributed by atoms with Gasteiger partial charge in [0.2, 0.25) is 0 Å². The van der Waals surface area contributed by atoms with E-state index in [1.54, 1.807) is 13.8 Å². The quantitative estimate of drug-likeness (QED) is 0.623. The van der Waals surface area contributed by atoms with Crippen LogP contribution in [0.5, 0.6) is 0 Å². The van der Waals surface area contributed by atoms with E-state index in [9.17, 15) is 9.59 Å². The second-order valence-electron chi connectivity index (χ2n) is 3.92. The zero-order valence-corrected chi connectivity index (χ0v) is 7.73. The van der Waals surface area contributed by atoms with Gasteiger partial charge in [0, 0.05) is 12.8 Å². The number of carbonyl (C=O) groups excluding carboxylic acids is 2. The van der Waals surface area contributed by atoms with E-state index in [4.69, 9.17) is 0 Å². The molecule has 0 unspecified atom stereocenters. The molecule has 2 nitrogen and oxygen atoms in total. The molecule has 0 heterocycles. The monoisotopic (exact) mass is 156 g/mol. The summed E-state index contributed by atoms with van der Waals surface area (Å²) in [7, 11) is 0. The van der Waals surface area contributed by atoms with Crippen molar-refractivity contribution in [2.24, 2.45) is 5.41 Å². The number of rotatable bonds is 4. The van der Waals surface area contributed by atoms with Gasteiger partial charge in [-0.15, -0.1) is 0 Å². The Hall–Kier alpha value is -0.660. The topological polar surface area (TPSA) is 34.1 Å². The minimum atomic E-state index is -0.155. The van der Waals surface area contributed by atoms with Crippen LogP contribution in [-0.4, -0.2) is 11.6 Å². The Morgan fingerprint density at radius 2 is 1.27 bits per heavy atom. The van der Waals surface area contributed by atoms with Gasteiger partial charge in [0.15, 0.2) is 0 Å². The SMILES string of the molecule is CC(=O)CC(C)(C)CC(C)=O. The molecule has 0 radical (unpaired) electrons. The molecule has 0 saturated heterocycles. The van der Waals surface area contributed by atoms with Gasteiger partial charge < -0.3 is 9.59 Å². The molecule has 0 aliphatic carbocycles. The Morgan fingerprint density at radius 3 is 1.45 bits per heavy atom. The van der Waals surface area contributed by atoms with Crippen molar-refractivity contribution in [3.8, 4) is 0 Å². The van der Waals surface area contributed by atoms with E-state index >= 15 is 0 Å². The van der Waals surface area contributed by atoms with Crippen LogP contribution in [0.3, 0.4) is 0 Å². The number of hydrogen-bond acceptors (Lipinski definition) is 2. The molecule has 0 rings (SSSR count). The fourth-order valence-corrected chi connectivity index (χ4v) is 1.41. The second kappa shape index (κ2) is 3.65. The molecule has 0 amide bonds. The normalized spacial score (nSPS) is 11.3. The molecule has 11 heavy (non-hydrogen) atoms. The van der Waals surface area contributed by atoms with Gasteiger partial charge in [-0.05, 0) is 19.3 Å². The maximum atomic E-state index is 10.7. The average Bonchev–Trinajstić information content (AvgIpc) is 1.53. The Bertz CT molecular complexity index is 150. The van der Waals surface area contributed by atoms with E-state index in [2.05, 4.69) is 0 Å². The van der Waals surface area contributed by atoms with E-state index in [1.165, 1.54) is 0 Å². The van der Waals surface area contributed by atoms with Crippen molar-refractivity contribution in [2.45, 2.75) is 40.5 Å². The summed E-state index contributed by atoms with van der Waals surface area (Å²) in [5.74, 6) is 0.299. The highest BCUT2D eigenvalue weighted by Crippen LogP contribution is 2.25. The molecular formula is C9H16O2. The second-order valence-corrected chi connectivity index (χ2v) is 3.92. The van der Waals surface area contributed by atoms with Crippen LogP contribution in [0.2, 0.25) is 0 Å². The van der Waals surface area contributed by atoms with Crippen molar-refractivity contribution in [1.29, 1.82) is 0 Å². The molecule has 0 aromatic heterocycles. The molecule has 0 saturated carbocycles. The molecule has 0 aromatic carbocycles. The first kappa shape index (κ1) is 10.3. The summed E-state index contributed by atoms with van der Waals surface area (Å²) >= 11 is 0. The van der Waals surface area contributed by atoms with E-state index in [1.807, 2.05) is 13.8 Å². The molecule has 0 atom stereocenters. The highest BCUT2D eigenvalue weighted by Gasteiger charge is 2.21. The third-order valence-electron chi connectivity index (χ3n) is 1.45. The van der Waals surface area contributed by atoms with Crippen molar-refractivity contribution in [1.82, 2.24) is 0 Å². The predicted molar refractivity (Wildman–Crippen MR) is 44.4 cm³/mol. The third-order valence-corrected chi connectivity index (χ3v) is 1.45. The number of carbonyl (C=O) groups is 2. The van der Waals surface area contributed by atoms with Crippen LogP contribution in [0, 0.1) is 5.41 Å². The number of hydrogen-bond donors (Lipinski definition) is 0. The first-order chi connectivity index (χ1) is 4.83. The number of ketones is 2. The number of Topliss-reactive ketones (excluding diaryl/α,β-unsaturated/α-hetero) is 2. The minimum Gasteiger partial charge on any atom is -0.300 e. The lowest BCUT2D eigenvalue weighted by Gasteiger charge is -2.20. The van der Waals surface area contributed by atoms with Crippen LogP contribution in [0.1, 0.15) is 40.5 Å². The van der Waals surface area contributed by atoms with Crippen LogP contribution in [0.4, 0.5) is 0 Å². The highest BCUT2D eigenvalue weighted by molar-refractivity contribution is 5.79. The van der Waals surface area contributed by atoms with E-state index in [0.29, 0.717) is 12.8 Å². The summed E-state index contributed by atoms with van der Waals surface area (Å²) < 4.78 is 0. The highest BCUT2D eigenvalue weighted by atomic mass is 16.1. The van der Waals surface area contributed by atoms with Crippen LogP contribution in [0.25, 0.3) is 0 Å². The summed E-state index contributed by atoms with van der Waals surface area (Å²) in [5, 5.41) is 0. The Morgan fingerprint density at radius 1 is 1.00 bits per heavy atom. The Labute approximate surface area is 68.0 Å². The van der Waals surface area contributed by atoms with Crippen molar-refractivity contribution in [3.63, 3.8) is 0 Å². The minimum absolute atomic E-state index is 0.149. The molecule has 0 aromatic rings. The lowest BCUT2D eigenvalue weighted by atomic mass is 9.83. The maximum absolute atomic E-state index is 10.7. The first-order valence-electron chi connectivity index (χ1n) is 3.82. The van der Waals surface area contributed by atoms with Crippen molar-refractivity contribution in [2.75, 3.05) is 0 Å². The van der Waals surface area contributed by atoms with Gasteiger partial charge in [0.05, 0.1) is 0 Å². The lowest BCUT2D eigenvalue weighted by Crippen LogP contribution is -2.18. The van der Waals surface area contributed by atoms with Gasteiger partial charge in [-0.3, -0.25) is 0 Å². The van der Waals surface area contributed by atoms with Gasteiger partial charge in [-0.1, -0.05) is 13.8 Å². The third kappa shape index (κ3) is 5.77. The smallest absolute Gasteiger partial charge is 0.130 e. The Balaban J connectivity index is 3.99. The first-order valence-corrected chi connectivity index (χ1v) is 3.82. The fourth-order valence-electron chi connectivity index (χ4n) is 1.41. The van der Waals surface area contributed by atoms with Gasteiger partial charge in [0.1, 0.15) is 11.6 Å².